The van der Waals surface area contributed by atoms with Crippen LogP contribution in [-0.4, -0.2) is 28.0 Å². The molecule has 1 aliphatic rings. The molecule has 0 bridgehead atoms. The summed E-state index contributed by atoms with van der Waals surface area (Å²) in [5.41, 5.74) is 1.10. The van der Waals surface area contributed by atoms with Gasteiger partial charge in [-0.1, -0.05) is 40.9 Å². The molecule has 1 saturated heterocycles. The number of benzene rings is 1. The van der Waals surface area contributed by atoms with Crippen LogP contribution in [0.15, 0.2) is 63.0 Å². The Morgan fingerprint density at radius 3 is 2.59 bits per heavy atom. The minimum Gasteiger partial charge on any atom is -0.457 e. The number of likely N-dealkylation sites (N-methyl/N-ethyl adjacent to an activating group) is 1. The van der Waals surface area contributed by atoms with E-state index in [0.717, 1.165) is 0 Å². The fraction of sp³-hybridized carbons (Fsp3) is 0.0500. The zero-order chi connectivity index (χ0) is 20.5. The minimum atomic E-state index is -0.192. The van der Waals surface area contributed by atoms with Gasteiger partial charge in [0.15, 0.2) is 10.3 Å². The van der Waals surface area contributed by atoms with Crippen molar-refractivity contribution in [2.45, 2.75) is 0 Å². The highest BCUT2D eigenvalue weighted by Gasteiger charge is 2.31. The second-order valence-electron chi connectivity index (χ2n) is 5.98. The van der Waals surface area contributed by atoms with Crippen molar-refractivity contribution in [3.05, 3.63) is 74.5 Å². The van der Waals surface area contributed by atoms with Crippen LogP contribution >= 0.6 is 46.6 Å². The third kappa shape index (κ3) is 4.07. The highest BCUT2D eigenvalue weighted by Crippen LogP contribution is 2.38. The van der Waals surface area contributed by atoms with Crippen LogP contribution in [0.5, 0.6) is 0 Å². The maximum absolute atomic E-state index is 12.6. The molecule has 3 aromatic rings. The maximum atomic E-state index is 12.6. The van der Waals surface area contributed by atoms with Crippen LogP contribution in [0.1, 0.15) is 5.76 Å². The van der Waals surface area contributed by atoms with Crippen LogP contribution in [0.3, 0.4) is 0 Å². The van der Waals surface area contributed by atoms with Crippen molar-refractivity contribution < 1.29 is 9.21 Å². The molecule has 0 radical (unpaired) electrons. The number of hydrogen-bond acceptors (Lipinski definition) is 5. The molecule has 3 heterocycles. The molecule has 0 spiro atoms. The van der Waals surface area contributed by atoms with Gasteiger partial charge >= 0.3 is 0 Å². The lowest BCUT2D eigenvalue weighted by Crippen LogP contribution is -2.23. The number of pyridine rings is 1. The van der Waals surface area contributed by atoms with Gasteiger partial charge in [-0.05, 0) is 48.2 Å². The van der Waals surface area contributed by atoms with Crippen LogP contribution in [0.2, 0.25) is 15.2 Å². The Bertz CT molecular complexity index is 1150. The summed E-state index contributed by atoms with van der Waals surface area (Å²) in [4.78, 5) is 23.0. The van der Waals surface area contributed by atoms with Gasteiger partial charge in [-0.2, -0.15) is 0 Å². The number of furan rings is 1. The number of carbonyl (C=O) groups excluding carboxylic acids is 1. The lowest BCUT2D eigenvalue weighted by atomic mass is 10.2. The molecule has 5 nitrogen and oxygen atoms in total. The Balaban J connectivity index is 1.64. The molecule has 0 saturated carbocycles. The van der Waals surface area contributed by atoms with Gasteiger partial charge in [0.2, 0.25) is 0 Å². The molecule has 9 heteroatoms. The molecule has 1 aromatic carbocycles. The molecule has 1 amide bonds. The van der Waals surface area contributed by atoms with Crippen molar-refractivity contribution in [3.8, 4) is 11.3 Å². The Morgan fingerprint density at radius 2 is 1.86 bits per heavy atom. The van der Waals surface area contributed by atoms with Crippen molar-refractivity contribution in [2.24, 2.45) is 4.99 Å². The molecule has 0 aliphatic carbocycles. The number of carbonyl (C=O) groups is 1. The SMILES string of the molecule is CN1C(=O)/C(=C\c2ccc(-c3c(Cl)cccc3Cl)o2)SC1=Nc1cccnc1Cl. The van der Waals surface area contributed by atoms with Crippen LogP contribution in [0, 0.1) is 0 Å². The van der Waals surface area contributed by atoms with E-state index < -0.39 is 0 Å². The van der Waals surface area contributed by atoms with E-state index in [1.165, 1.54) is 16.7 Å². The van der Waals surface area contributed by atoms with Crippen LogP contribution in [0.4, 0.5) is 5.69 Å². The fourth-order valence-electron chi connectivity index (χ4n) is 2.64. The van der Waals surface area contributed by atoms with Crippen molar-refractivity contribution in [3.63, 3.8) is 0 Å². The van der Waals surface area contributed by atoms with Crippen molar-refractivity contribution in [1.82, 2.24) is 9.88 Å². The topological polar surface area (TPSA) is 58.7 Å². The van der Waals surface area contributed by atoms with Gasteiger partial charge in [-0.25, -0.2) is 9.98 Å². The molecule has 1 fully saturated rings. The first-order chi connectivity index (χ1) is 13.9. The van der Waals surface area contributed by atoms with E-state index in [2.05, 4.69) is 9.98 Å². The molecule has 29 heavy (non-hydrogen) atoms. The zero-order valence-corrected chi connectivity index (χ0v) is 18.0. The second kappa shape index (κ2) is 8.24. The summed E-state index contributed by atoms with van der Waals surface area (Å²) >= 11 is 19.8. The quantitative estimate of drug-likeness (QED) is 0.326. The van der Waals surface area contributed by atoms with E-state index in [4.69, 9.17) is 39.2 Å². The van der Waals surface area contributed by atoms with Gasteiger partial charge < -0.3 is 4.42 Å². The number of thioether (sulfide) groups is 1. The van der Waals surface area contributed by atoms with E-state index >= 15 is 0 Å². The number of nitrogens with zero attached hydrogens (tertiary/aromatic N) is 3. The summed E-state index contributed by atoms with van der Waals surface area (Å²) in [6.45, 7) is 0. The number of aromatic nitrogens is 1. The van der Waals surface area contributed by atoms with E-state index in [0.29, 0.717) is 42.9 Å². The predicted octanol–water partition coefficient (Wildman–Crippen LogP) is 6.54. The summed E-state index contributed by atoms with van der Waals surface area (Å²) in [6, 6.07) is 12.2. The van der Waals surface area contributed by atoms with Crippen molar-refractivity contribution >= 4 is 69.4 Å². The summed E-state index contributed by atoms with van der Waals surface area (Å²) in [7, 11) is 1.65. The maximum Gasteiger partial charge on any atom is 0.266 e. The van der Waals surface area contributed by atoms with Gasteiger partial charge in [-0.15, -0.1) is 0 Å². The number of aliphatic imine (C=N–C) groups is 1. The standard InChI is InChI=1S/C20H12Cl3N3O2S/c1-26-19(27)16(29-20(26)25-14-6-3-9-24-18(14)23)10-11-7-8-15(28-11)17-12(21)4-2-5-13(17)22/h2-10H,1H3/b16-10+,25-20?. The zero-order valence-electron chi connectivity index (χ0n) is 14.9. The summed E-state index contributed by atoms with van der Waals surface area (Å²) < 4.78 is 5.85. The Hall–Kier alpha value is -2.25. The Kier molecular flexibility index (Phi) is 5.69. The third-order valence-corrected chi connectivity index (χ3v) is 6.05. The largest absolute Gasteiger partial charge is 0.457 e. The van der Waals surface area contributed by atoms with Crippen LogP contribution in [-0.2, 0) is 4.79 Å². The summed E-state index contributed by atoms with van der Waals surface area (Å²) in [5, 5.41) is 1.74. The minimum absolute atomic E-state index is 0.192. The molecule has 1 aliphatic heterocycles. The Labute approximate surface area is 186 Å². The first-order valence-corrected chi connectivity index (χ1v) is 10.3. The highest BCUT2D eigenvalue weighted by atomic mass is 35.5. The lowest BCUT2D eigenvalue weighted by molar-refractivity contribution is -0.121. The number of hydrogen-bond donors (Lipinski definition) is 0. The second-order valence-corrected chi connectivity index (χ2v) is 8.16. The molecule has 0 atom stereocenters. The first-order valence-electron chi connectivity index (χ1n) is 8.35. The van der Waals surface area contributed by atoms with Crippen molar-refractivity contribution in [2.75, 3.05) is 7.05 Å². The van der Waals surface area contributed by atoms with Gasteiger partial charge in [0.05, 0.1) is 20.5 Å². The van der Waals surface area contributed by atoms with Crippen LogP contribution < -0.4 is 0 Å². The highest BCUT2D eigenvalue weighted by molar-refractivity contribution is 8.18. The van der Waals surface area contributed by atoms with Crippen molar-refractivity contribution in [1.29, 1.82) is 0 Å². The molecule has 4 rings (SSSR count). The monoisotopic (exact) mass is 463 g/mol. The smallest absolute Gasteiger partial charge is 0.266 e. The number of amides is 1. The van der Waals surface area contributed by atoms with Gasteiger partial charge in [0.25, 0.3) is 5.91 Å². The normalized spacial score (nSPS) is 17.0. The van der Waals surface area contributed by atoms with Gasteiger partial charge in [0.1, 0.15) is 17.2 Å². The predicted molar refractivity (Wildman–Crippen MR) is 119 cm³/mol. The molecule has 0 unspecified atom stereocenters. The van der Waals surface area contributed by atoms with E-state index in [1.54, 1.807) is 61.8 Å². The van der Waals surface area contributed by atoms with Gasteiger partial charge in [-0.3, -0.25) is 9.69 Å². The molecule has 0 N–H and O–H groups in total. The third-order valence-electron chi connectivity index (χ3n) is 4.07. The van der Waals surface area contributed by atoms with Crippen LogP contribution in [0.25, 0.3) is 17.4 Å². The molecular weight excluding hydrogens is 453 g/mol. The van der Waals surface area contributed by atoms with E-state index in [-0.39, 0.29) is 11.1 Å². The molecule has 2 aromatic heterocycles. The number of halogens is 3. The summed E-state index contributed by atoms with van der Waals surface area (Å²) in [5.74, 6) is 0.829. The number of rotatable bonds is 3. The molecule has 146 valence electrons. The van der Waals surface area contributed by atoms with E-state index in [1.807, 2.05) is 0 Å². The fourth-order valence-corrected chi connectivity index (χ4v) is 4.35. The Morgan fingerprint density at radius 1 is 1.10 bits per heavy atom. The molecular formula is C20H12Cl3N3O2S. The number of amidine groups is 1. The average Bonchev–Trinajstić information content (AvgIpc) is 3.24. The average molecular weight is 465 g/mol. The van der Waals surface area contributed by atoms with E-state index in [9.17, 15) is 4.79 Å². The first kappa shape index (κ1) is 20.0. The van der Waals surface area contributed by atoms with Gasteiger partial charge in [0, 0.05) is 19.3 Å². The lowest BCUT2D eigenvalue weighted by Gasteiger charge is -2.07. The summed E-state index contributed by atoms with van der Waals surface area (Å²) in [6.07, 6.45) is 3.23.